The highest BCUT2D eigenvalue weighted by Crippen LogP contribution is 2.45. The van der Waals surface area contributed by atoms with E-state index in [1.807, 2.05) is 0 Å². The van der Waals surface area contributed by atoms with E-state index < -0.39 is 85.4 Å². The monoisotopic (exact) mass is 600 g/mol. The number of aliphatic hydroxyl groups is 2. The molecule has 0 bridgehead atoms. The fourth-order valence-corrected chi connectivity index (χ4v) is 4.39. The minimum absolute atomic E-state index is 0.0149. The Bertz CT molecular complexity index is 1530. The molecule has 2 aromatic rings. The zero-order chi connectivity index (χ0) is 34.8. The summed E-state index contributed by atoms with van der Waals surface area (Å²) in [6, 6.07) is 2.49. The van der Waals surface area contributed by atoms with Crippen LogP contribution < -0.4 is 22.8 Å². The Morgan fingerprint density at radius 3 is 1.90 bits per heavy atom. The predicted molar refractivity (Wildman–Crippen MR) is 142 cm³/mol. The van der Waals surface area contributed by atoms with Gasteiger partial charge in [-0.05, 0) is 29.6 Å². The van der Waals surface area contributed by atoms with Crippen LogP contribution in [-0.4, -0.2) is 78.6 Å². The van der Waals surface area contributed by atoms with E-state index in [4.69, 9.17) is 37.5 Å². The van der Waals surface area contributed by atoms with E-state index in [9.17, 15) is 28.6 Å². The van der Waals surface area contributed by atoms with Crippen molar-refractivity contribution in [3.05, 3.63) is 66.4 Å². The fraction of sp³-hybridized carbons (Fsp3) is 0.636. The molecule has 42 heavy (non-hydrogen) atoms. The first-order valence-electron chi connectivity index (χ1n) is 14.0. The van der Waals surface area contributed by atoms with E-state index >= 15 is 0 Å². The van der Waals surface area contributed by atoms with Crippen molar-refractivity contribution < 1.29 is 34.0 Å². The van der Waals surface area contributed by atoms with Gasteiger partial charge in [-0.1, -0.05) is 24.1 Å². The average molecular weight is 601 g/mol. The van der Waals surface area contributed by atoms with E-state index in [1.165, 1.54) is 32.2 Å². The van der Waals surface area contributed by atoms with Gasteiger partial charge in [0.15, 0.2) is 24.8 Å². The Morgan fingerprint density at radius 2 is 1.48 bits per heavy atom. The number of nitrogens with two attached hydrogens (primary N) is 2. The van der Waals surface area contributed by atoms with Gasteiger partial charge in [-0.2, -0.15) is 9.97 Å². The summed E-state index contributed by atoms with van der Waals surface area (Å²) in [5.74, 6) is -1.10. The topological polar surface area (TPSA) is 278 Å². The summed E-state index contributed by atoms with van der Waals surface area (Å²) >= 11 is 0. The minimum Gasteiger partial charge on any atom is -0.393 e. The molecule has 0 aromatic carbocycles. The number of halogens is 2. The maximum atomic E-state index is 14.8. The standard InChI is InChI=1S/C12H17FN6O2.C10H13FN6O4/c1-3-12(6-16-18-15)7(2)9(13)10(21-12)19-5-4-8(14)17-11(19)20;11-6-7(19)10(4-18,3-14-16-13)21-8(6)17-2-1-5(12)15-9(17)20/h4-5,7,9-10H,3,6H2,1-2H3,(H2,14,17,20);1-2,6-8,18-19H,3-4H2,(H2,12,15,20)/t7-,9+,10+,12-;6-,7+,8-,10-/m01/s1/i3D2;4D2. The van der Waals surface area contributed by atoms with Crippen LogP contribution >= 0.6 is 0 Å². The van der Waals surface area contributed by atoms with Crippen molar-refractivity contribution >= 4 is 11.6 Å². The SMILES string of the molecule is [2H]C([2H])(C)[C@@]1(CN=[N+]=[N-])O[C@@H](n2ccc(N)nc2=O)[C@H](F)[C@@H]1C.[2H]C([2H])(O)[C@@]1(CN=[N+]=[N-])O[C@@H](n2ccc(N)nc2=O)[C@H](F)[C@@H]1O. The molecule has 18 nitrogen and oxygen atoms in total. The molecule has 20 heteroatoms. The van der Waals surface area contributed by atoms with E-state index in [0.29, 0.717) is 4.57 Å². The van der Waals surface area contributed by atoms with E-state index in [-0.39, 0.29) is 11.6 Å². The number of nitrogen functional groups attached to an aromatic ring is 2. The van der Waals surface area contributed by atoms with Gasteiger partial charge in [0.05, 0.1) is 28.0 Å². The number of ether oxygens (including phenoxy) is 2. The molecular weight excluding hydrogens is 566 g/mol. The molecule has 2 fully saturated rings. The second-order valence-electron chi connectivity index (χ2n) is 9.14. The molecule has 0 amide bonds. The van der Waals surface area contributed by atoms with Crippen molar-refractivity contribution in [3.8, 4) is 0 Å². The van der Waals surface area contributed by atoms with Crippen molar-refractivity contribution in [1.82, 2.24) is 19.1 Å². The van der Waals surface area contributed by atoms with Crippen LogP contribution in [0, 0.1) is 5.92 Å². The summed E-state index contributed by atoms with van der Waals surface area (Å²) in [4.78, 5) is 35.5. The van der Waals surface area contributed by atoms with Crippen LogP contribution in [0.15, 0.2) is 44.3 Å². The predicted octanol–water partition coefficient (Wildman–Crippen LogP) is 0.882. The van der Waals surface area contributed by atoms with Gasteiger partial charge in [0, 0.05) is 30.9 Å². The quantitative estimate of drug-likeness (QED) is 0.188. The van der Waals surface area contributed by atoms with Gasteiger partial charge >= 0.3 is 11.4 Å². The highest BCUT2D eigenvalue weighted by Gasteiger charge is 2.56. The summed E-state index contributed by atoms with van der Waals surface area (Å²) in [5.41, 5.74) is 21.5. The summed E-state index contributed by atoms with van der Waals surface area (Å²) < 4.78 is 72.2. The third kappa shape index (κ3) is 6.13. The molecule has 0 aliphatic carbocycles. The lowest BCUT2D eigenvalue weighted by Gasteiger charge is -2.29. The third-order valence-electron chi connectivity index (χ3n) is 6.80. The van der Waals surface area contributed by atoms with Gasteiger partial charge in [0.2, 0.25) is 0 Å². The Hall–Kier alpha value is -4.32. The zero-order valence-electron chi connectivity index (χ0n) is 26.1. The molecule has 0 spiro atoms. The van der Waals surface area contributed by atoms with Gasteiger partial charge in [-0.3, -0.25) is 9.13 Å². The Kier molecular flexibility index (Phi) is 8.29. The van der Waals surface area contributed by atoms with Crippen LogP contribution in [0.1, 0.15) is 38.2 Å². The maximum absolute atomic E-state index is 14.8. The molecule has 6 N–H and O–H groups in total. The molecule has 2 saturated heterocycles. The van der Waals surface area contributed by atoms with E-state index in [0.717, 1.165) is 10.8 Å². The van der Waals surface area contributed by atoms with Crippen molar-refractivity contribution in [2.24, 2.45) is 16.1 Å². The molecule has 228 valence electrons. The van der Waals surface area contributed by atoms with Crippen LogP contribution in [0.3, 0.4) is 0 Å². The van der Waals surface area contributed by atoms with E-state index in [2.05, 4.69) is 30.0 Å². The Labute approximate surface area is 241 Å². The number of aliphatic hydroxyl groups excluding tert-OH is 1. The molecule has 2 aliphatic heterocycles. The summed E-state index contributed by atoms with van der Waals surface area (Å²) in [6.07, 6.45) is -9.09. The largest absolute Gasteiger partial charge is 0.393 e. The summed E-state index contributed by atoms with van der Waals surface area (Å²) in [5, 5.41) is 26.1. The Morgan fingerprint density at radius 1 is 1.02 bits per heavy atom. The van der Waals surface area contributed by atoms with Crippen molar-refractivity contribution in [3.63, 3.8) is 0 Å². The second-order valence-corrected chi connectivity index (χ2v) is 9.14. The van der Waals surface area contributed by atoms with Crippen LogP contribution in [0.2, 0.25) is 0 Å². The number of hydrogen-bond donors (Lipinski definition) is 4. The van der Waals surface area contributed by atoms with E-state index in [1.54, 1.807) is 0 Å². The van der Waals surface area contributed by atoms with Gasteiger partial charge in [-0.25, -0.2) is 18.4 Å². The lowest BCUT2D eigenvalue weighted by molar-refractivity contribution is -0.122. The summed E-state index contributed by atoms with van der Waals surface area (Å²) in [6.45, 7) is -1.89. The number of nitrogens with zero attached hydrogens (tertiary/aromatic N) is 10. The van der Waals surface area contributed by atoms with Crippen molar-refractivity contribution in [2.75, 3.05) is 31.1 Å². The molecule has 0 unspecified atom stereocenters. The number of azide groups is 2. The lowest BCUT2D eigenvalue weighted by atomic mass is 9.85. The third-order valence-corrected chi connectivity index (χ3v) is 6.80. The smallest absolute Gasteiger partial charge is 0.351 e. The molecule has 2 aliphatic rings. The van der Waals surface area contributed by atoms with Crippen molar-refractivity contribution in [1.29, 1.82) is 0 Å². The van der Waals surface area contributed by atoms with Crippen LogP contribution in [0.4, 0.5) is 20.4 Å². The molecule has 0 saturated carbocycles. The molecule has 0 radical (unpaired) electrons. The molecule has 4 heterocycles. The Balaban J connectivity index is 0.000000250. The first-order valence-corrected chi connectivity index (χ1v) is 12.0. The highest BCUT2D eigenvalue weighted by atomic mass is 19.1. The first kappa shape index (κ1) is 26.6. The second kappa shape index (κ2) is 13.1. The van der Waals surface area contributed by atoms with Crippen LogP contribution in [-0.2, 0) is 9.47 Å². The molecular formula is C22H30F2N12O6. The number of rotatable bonds is 8. The molecule has 4 rings (SSSR count). The van der Waals surface area contributed by atoms with Gasteiger partial charge < -0.3 is 31.2 Å². The number of anilines is 2. The minimum atomic E-state index is -3.26. The van der Waals surface area contributed by atoms with Crippen molar-refractivity contribution in [2.45, 2.75) is 62.3 Å². The number of hydrogen-bond acceptors (Lipinski definition) is 12. The van der Waals surface area contributed by atoms with Gasteiger partial charge in [-0.15, -0.1) is 0 Å². The van der Waals surface area contributed by atoms with Crippen LogP contribution in [0.5, 0.6) is 0 Å². The highest BCUT2D eigenvalue weighted by molar-refractivity contribution is 5.24. The summed E-state index contributed by atoms with van der Waals surface area (Å²) in [7, 11) is 0. The average Bonchev–Trinajstić information content (AvgIpc) is 3.37. The lowest BCUT2D eigenvalue weighted by Crippen LogP contribution is -2.48. The van der Waals surface area contributed by atoms with Gasteiger partial charge in [0.1, 0.15) is 23.3 Å². The molecule has 2 aromatic heterocycles. The fourth-order valence-electron chi connectivity index (χ4n) is 4.39. The molecule has 8 atom stereocenters. The maximum Gasteiger partial charge on any atom is 0.351 e. The van der Waals surface area contributed by atoms with Crippen LogP contribution in [0.25, 0.3) is 20.9 Å². The normalized spacial score (nSPS) is 34.0. The van der Waals surface area contributed by atoms with Gasteiger partial charge in [0.25, 0.3) is 0 Å². The first-order chi connectivity index (χ1) is 21.3. The zero-order valence-corrected chi connectivity index (χ0v) is 22.1. The number of alkyl halides is 2. The number of aromatic nitrogens is 4.